The van der Waals surface area contributed by atoms with Gasteiger partial charge in [0.25, 0.3) is 0 Å². The monoisotopic (exact) mass is 252 g/mol. The van der Waals surface area contributed by atoms with E-state index in [-0.39, 0.29) is 5.19 Å². The maximum absolute atomic E-state index is 12.3. The Kier molecular flexibility index (Phi) is 3.74. The standard InChI is InChI=1S/C9H11F3O3Si/c1-14-16(13,15-2)8-5-3-7(4-6-8)9(10,11)12/h3-6,13H,1-2H3. The molecule has 1 rings (SSSR count). The first-order valence-corrected chi connectivity index (χ1v) is 6.10. The van der Waals surface area contributed by atoms with Crippen LogP contribution in [0.5, 0.6) is 0 Å². The molecule has 90 valence electrons. The molecule has 0 saturated heterocycles. The van der Waals surface area contributed by atoms with E-state index in [0.29, 0.717) is 0 Å². The van der Waals surface area contributed by atoms with Crippen molar-refractivity contribution in [3.8, 4) is 0 Å². The van der Waals surface area contributed by atoms with Gasteiger partial charge in [-0.05, 0) is 12.1 Å². The van der Waals surface area contributed by atoms with Gasteiger partial charge in [-0.15, -0.1) is 0 Å². The van der Waals surface area contributed by atoms with Gasteiger partial charge in [0.2, 0.25) is 0 Å². The third kappa shape index (κ3) is 2.61. The lowest BCUT2D eigenvalue weighted by molar-refractivity contribution is -0.137. The quantitative estimate of drug-likeness (QED) is 0.820. The van der Waals surface area contributed by atoms with Crippen molar-refractivity contribution in [2.24, 2.45) is 0 Å². The number of halogens is 3. The van der Waals surface area contributed by atoms with E-state index < -0.39 is 20.5 Å². The Morgan fingerprint density at radius 2 is 1.50 bits per heavy atom. The minimum Gasteiger partial charge on any atom is -0.386 e. The van der Waals surface area contributed by atoms with Crippen molar-refractivity contribution in [1.82, 2.24) is 0 Å². The molecule has 0 aromatic heterocycles. The van der Waals surface area contributed by atoms with Gasteiger partial charge in [0, 0.05) is 19.4 Å². The first-order chi connectivity index (χ1) is 7.33. The molecule has 7 heteroatoms. The van der Waals surface area contributed by atoms with Gasteiger partial charge >= 0.3 is 15.0 Å². The van der Waals surface area contributed by atoms with Gasteiger partial charge in [0.1, 0.15) is 0 Å². The molecular formula is C9H11F3O3Si. The summed E-state index contributed by atoms with van der Waals surface area (Å²) in [7, 11) is -1.04. The van der Waals surface area contributed by atoms with Crippen molar-refractivity contribution in [3.63, 3.8) is 0 Å². The smallest absolute Gasteiger partial charge is 0.386 e. The molecule has 1 N–H and O–H groups in total. The summed E-state index contributed by atoms with van der Waals surface area (Å²) in [6, 6.07) is 4.07. The number of hydrogen-bond acceptors (Lipinski definition) is 3. The predicted octanol–water partition coefficient (Wildman–Crippen LogP) is 1.14. The molecule has 0 amide bonds. The van der Waals surface area contributed by atoms with E-state index in [0.717, 1.165) is 24.3 Å². The highest BCUT2D eigenvalue weighted by atomic mass is 28.4. The predicted molar refractivity (Wildman–Crippen MR) is 53.1 cm³/mol. The molecule has 16 heavy (non-hydrogen) atoms. The third-order valence-electron chi connectivity index (χ3n) is 2.13. The highest BCUT2D eigenvalue weighted by Gasteiger charge is 2.38. The number of rotatable bonds is 3. The lowest BCUT2D eigenvalue weighted by atomic mass is 10.2. The highest BCUT2D eigenvalue weighted by molar-refractivity contribution is 6.74. The van der Waals surface area contributed by atoms with Crippen LogP contribution in [0.3, 0.4) is 0 Å². The number of benzene rings is 1. The molecule has 1 aromatic rings. The van der Waals surface area contributed by atoms with Gasteiger partial charge in [-0.2, -0.15) is 13.2 Å². The van der Waals surface area contributed by atoms with Gasteiger partial charge in [0.15, 0.2) is 0 Å². The van der Waals surface area contributed by atoms with Gasteiger partial charge in [0.05, 0.1) is 5.56 Å². The van der Waals surface area contributed by atoms with Crippen molar-refractivity contribution < 1.29 is 26.8 Å². The lowest BCUT2D eigenvalue weighted by Crippen LogP contribution is -2.52. The summed E-state index contributed by atoms with van der Waals surface area (Å²) >= 11 is 0. The third-order valence-corrected chi connectivity index (χ3v) is 4.30. The van der Waals surface area contributed by atoms with Crippen molar-refractivity contribution in [2.75, 3.05) is 14.2 Å². The second-order valence-corrected chi connectivity index (χ2v) is 5.62. The van der Waals surface area contributed by atoms with Crippen molar-refractivity contribution in [1.29, 1.82) is 0 Å². The fourth-order valence-electron chi connectivity index (χ4n) is 1.19. The van der Waals surface area contributed by atoms with Crippen LogP contribution in [-0.2, 0) is 15.0 Å². The van der Waals surface area contributed by atoms with Crippen LogP contribution in [0.1, 0.15) is 5.56 Å². The second-order valence-electron chi connectivity index (χ2n) is 3.07. The average Bonchev–Trinajstić information content (AvgIpc) is 2.27. The Morgan fingerprint density at radius 1 is 1.06 bits per heavy atom. The van der Waals surface area contributed by atoms with E-state index in [1.165, 1.54) is 14.2 Å². The fraction of sp³-hybridized carbons (Fsp3) is 0.333. The molecule has 0 bridgehead atoms. The lowest BCUT2D eigenvalue weighted by Gasteiger charge is -2.20. The summed E-state index contributed by atoms with van der Waals surface area (Å²) in [4.78, 5) is 9.81. The Bertz CT molecular complexity index is 346. The summed E-state index contributed by atoms with van der Waals surface area (Å²) in [5.74, 6) is 0. The maximum atomic E-state index is 12.3. The second kappa shape index (κ2) is 4.54. The molecule has 3 nitrogen and oxygen atoms in total. The molecule has 0 unspecified atom stereocenters. The molecule has 0 aliphatic rings. The molecule has 0 atom stereocenters. The van der Waals surface area contributed by atoms with Gasteiger partial charge in [-0.3, -0.25) is 0 Å². The zero-order valence-electron chi connectivity index (χ0n) is 8.71. The van der Waals surface area contributed by atoms with Crippen LogP contribution in [0.25, 0.3) is 0 Å². The van der Waals surface area contributed by atoms with Crippen LogP contribution < -0.4 is 5.19 Å². The number of hydrogen-bond donors (Lipinski definition) is 1. The Labute approximate surface area is 91.8 Å². The summed E-state index contributed by atoms with van der Waals surface area (Å²) in [5, 5.41) is 0.227. The molecule has 1 aromatic carbocycles. The van der Waals surface area contributed by atoms with Crippen molar-refractivity contribution in [2.45, 2.75) is 6.18 Å². The summed E-state index contributed by atoms with van der Waals surface area (Å²) in [5.41, 5.74) is -0.778. The minimum atomic E-state index is -4.39. The molecule has 0 spiro atoms. The zero-order valence-corrected chi connectivity index (χ0v) is 9.71. The fourth-order valence-corrected chi connectivity index (χ4v) is 2.41. The number of alkyl halides is 3. The van der Waals surface area contributed by atoms with Crippen molar-refractivity contribution in [3.05, 3.63) is 29.8 Å². The van der Waals surface area contributed by atoms with Gasteiger partial charge in [-0.25, -0.2) is 0 Å². The SMILES string of the molecule is CO[Si](O)(OC)c1ccc(C(F)(F)F)cc1. The summed E-state index contributed by atoms with van der Waals surface area (Å²) < 4.78 is 46.4. The summed E-state index contributed by atoms with van der Waals surface area (Å²) in [6.45, 7) is 0. The Morgan fingerprint density at radius 3 is 1.81 bits per heavy atom. The van der Waals surface area contributed by atoms with E-state index in [9.17, 15) is 18.0 Å². The maximum Gasteiger partial charge on any atom is 0.533 e. The molecular weight excluding hydrogens is 241 g/mol. The van der Waals surface area contributed by atoms with Crippen LogP contribution in [0.15, 0.2) is 24.3 Å². The molecule has 0 saturated carbocycles. The topological polar surface area (TPSA) is 38.7 Å². The first-order valence-electron chi connectivity index (χ1n) is 4.34. The van der Waals surface area contributed by atoms with Crippen LogP contribution in [0, 0.1) is 0 Å². The van der Waals surface area contributed by atoms with E-state index >= 15 is 0 Å². The molecule has 0 radical (unpaired) electrons. The van der Waals surface area contributed by atoms with E-state index in [1.807, 2.05) is 0 Å². The molecule has 0 aliphatic carbocycles. The van der Waals surface area contributed by atoms with Crippen LogP contribution in [-0.4, -0.2) is 27.8 Å². The van der Waals surface area contributed by atoms with E-state index in [1.54, 1.807) is 0 Å². The Hall–Kier alpha value is -0.893. The van der Waals surface area contributed by atoms with E-state index in [4.69, 9.17) is 8.85 Å². The normalized spacial score (nSPS) is 12.9. The average molecular weight is 252 g/mol. The molecule has 0 heterocycles. The highest BCUT2D eigenvalue weighted by Crippen LogP contribution is 2.28. The molecule has 0 aliphatic heterocycles. The minimum absolute atomic E-state index is 0.227. The molecule has 0 fully saturated rings. The zero-order chi connectivity index (χ0) is 12.4. The summed E-state index contributed by atoms with van der Waals surface area (Å²) in [6.07, 6.45) is -4.39. The Balaban J connectivity index is 3.04. The largest absolute Gasteiger partial charge is 0.533 e. The van der Waals surface area contributed by atoms with E-state index in [2.05, 4.69) is 0 Å². The van der Waals surface area contributed by atoms with Gasteiger partial charge < -0.3 is 13.6 Å². The van der Waals surface area contributed by atoms with Crippen LogP contribution in [0.4, 0.5) is 13.2 Å². The van der Waals surface area contributed by atoms with Crippen LogP contribution >= 0.6 is 0 Å². The van der Waals surface area contributed by atoms with Crippen molar-refractivity contribution >= 4 is 14.0 Å². The van der Waals surface area contributed by atoms with Crippen LogP contribution in [0.2, 0.25) is 0 Å². The first kappa shape index (κ1) is 13.2. The van der Waals surface area contributed by atoms with Gasteiger partial charge in [-0.1, -0.05) is 12.1 Å².